The summed E-state index contributed by atoms with van der Waals surface area (Å²) in [4.78, 5) is 2.45. The molecule has 0 amide bonds. The summed E-state index contributed by atoms with van der Waals surface area (Å²) in [5, 5.41) is 0. The average Bonchev–Trinajstić information content (AvgIpc) is 2.47. The quantitative estimate of drug-likeness (QED) is 0.739. The second kappa shape index (κ2) is 7.73. The van der Waals surface area contributed by atoms with Gasteiger partial charge >= 0.3 is 0 Å². The van der Waals surface area contributed by atoms with Crippen molar-refractivity contribution in [3.63, 3.8) is 0 Å². The summed E-state index contributed by atoms with van der Waals surface area (Å²) in [6.45, 7) is 8.27. The Bertz CT molecular complexity index is 372. The number of nitrogens with zero attached hydrogens (tertiary/aromatic N) is 2. The highest BCUT2D eigenvalue weighted by Crippen LogP contribution is 2.21. The Morgan fingerprint density at radius 3 is 2.35 bits per heavy atom. The first-order valence-corrected chi connectivity index (χ1v) is 9.50. The van der Waals surface area contributed by atoms with E-state index < -0.39 is 10.0 Å². The lowest BCUT2D eigenvalue weighted by Gasteiger charge is -2.35. The van der Waals surface area contributed by atoms with Crippen LogP contribution in [0.4, 0.5) is 0 Å². The third-order valence-corrected chi connectivity index (χ3v) is 6.30. The van der Waals surface area contributed by atoms with Crippen molar-refractivity contribution in [2.75, 3.05) is 51.7 Å². The van der Waals surface area contributed by atoms with Gasteiger partial charge in [-0.2, -0.15) is 0 Å². The van der Waals surface area contributed by atoms with Crippen molar-refractivity contribution in [2.45, 2.75) is 32.6 Å². The Morgan fingerprint density at radius 1 is 1.10 bits per heavy atom. The van der Waals surface area contributed by atoms with Gasteiger partial charge in [-0.3, -0.25) is 4.90 Å². The molecule has 2 heterocycles. The van der Waals surface area contributed by atoms with Gasteiger partial charge in [0.1, 0.15) is 0 Å². The summed E-state index contributed by atoms with van der Waals surface area (Å²) in [6.07, 6.45) is 3.72. The molecule has 118 valence electrons. The minimum absolute atomic E-state index is 0.317. The van der Waals surface area contributed by atoms with Crippen molar-refractivity contribution in [3.8, 4) is 0 Å². The zero-order valence-electron chi connectivity index (χ0n) is 12.6. The SMILES string of the molecule is CCCCS(=O)(=O)N1CCC(CN2CCOCC2)CC1. The van der Waals surface area contributed by atoms with Crippen LogP contribution in [0.25, 0.3) is 0 Å². The topological polar surface area (TPSA) is 49.9 Å². The molecule has 2 aliphatic rings. The molecule has 0 atom stereocenters. The van der Waals surface area contributed by atoms with E-state index in [1.165, 1.54) is 0 Å². The van der Waals surface area contributed by atoms with Crippen LogP contribution in [0.2, 0.25) is 0 Å². The normalized spacial score (nSPS) is 24.1. The van der Waals surface area contributed by atoms with E-state index in [2.05, 4.69) is 4.90 Å². The molecular weight excluding hydrogens is 276 g/mol. The van der Waals surface area contributed by atoms with Gasteiger partial charge in [-0.15, -0.1) is 0 Å². The third-order valence-electron chi connectivity index (χ3n) is 4.34. The van der Waals surface area contributed by atoms with Crippen LogP contribution in [0, 0.1) is 5.92 Å². The van der Waals surface area contributed by atoms with Gasteiger partial charge in [-0.25, -0.2) is 12.7 Å². The van der Waals surface area contributed by atoms with E-state index in [1.807, 2.05) is 6.92 Å². The zero-order chi connectivity index (χ0) is 14.4. The molecule has 0 aromatic carbocycles. The fourth-order valence-corrected chi connectivity index (χ4v) is 4.65. The molecule has 0 radical (unpaired) electrons. The van der Waals surface area contributed by atoms with Gasteiger partial charge in [-0.05, 0) is 25.2 Å². The standard InChI is InChI=1S/C14H28N2O3S/c1-2-3-12-20(17,18)16-6-4-14(5-7-16)13-15-8-10-19-11-9-15/h14H,2-13H2,1H3. The number of sulfonamides is 1. The maximum atomic E-state index is 12.1. The number of ether oxygens (including phenoxy) is 1. The molecule has 0 spiro atoms. The molecule has 5 nitrogen and oxygen atoms in total. The Hall–Kier alpha value is -0.170. The first kappa shape index (κ1) is 16.2. The van der Waals surface area contributed by atoms with Crippen LogP contribution in [0.5, 0.6) is 0 Å². The van der Waals surface area contributed by atoms with Crippen molar-refractivity contribution >= 4 is 10.0 Å². The minimum atomic E-state index is -3.00. The van der Waals surface area contributed by atoms with E-state index in [9.17, 15) is 8.42 Å². The summed E-state index contributed by atoms with van der Waals surface area (Å²) in [5.74, 6) is 0.961. The Balaban J connectivity index is 1.74. The number of unbranched alkanes of at least 4 members (excludes halogenated alkanes) is 1. The molecule has 0 unspecified atom stereocenters. The van der Waals surface area contributed by atoms with Gasteiger partial charge < -0.3 is 4.74 Å². The fraction of sp³-hybridized carbons (Fsp3) is 1.00. The Kier molecular flexibility index (Phi) is 6.26. The van der Waals surface area contributed by atoms with Gasteiger partial charge in [0.15, 0.2) is 0 Å². The Morgan fingerprint density at radius 2 is 1.75 bits per heavy atom. The van der Waals surface area contributed by atoms with E-state index in [0.29, 0.717) is 24.8 Å². The molecule has 20 heavy (non-hydrogen) atoms. The van der Waals surface area contributed by atoms with Crippen molar-refractivity contribution in [3.05, 3.63) is 0 Å². The maximum Gasteiger partial charge on any atom is 0.214 e. The van der Waals surface area contributed by atoms with Crippen LogP contribution < -0.4 is 0 Å². The molecule has 0 aromatic rings. The van der Waals surface area contributed by atoms with Crippen molar-refractivity contribution in [1.29, 1.82) is 0 Å². The summed E-state index contributed by atoms with van der Waals surface area (Å²) in [6, 6.07) is 0. The highest BCUT2D eigenvalue weighted by atomic mass is 32.2. The van der Waals surface area contributed by atoms with Gasteiger partial charge in [0.2, 0.25) is 10.0 Å². The summed E-state index contributed by atoms with van der Waals surface area (Å²) >= 11 is 0. The lowest BCUT2D eigenvalue weighted by Crippen LogP contribution is -2.44. The number of piperidine rings is 1. The smallest absolute Gasteiger partial charge is 0.214 e. The van der Waals surface area contributed by atoms with Gasteiger partial charge in [-0.1, -0.05) is 13.3 Å². The summed E-state index contributed by atoms with van der Waals surface area (Å²) < 4.78 is 31.3. The molecular formula is C14H28N2O3S. The largest absolute Gasteiger partial charge is 0.379 e. The van der Waals surface area contributed by atoms with Crippen molar-refractivity contribution < 1.29 is 13.2 Å². The molecule has 0 bridgehead atoms. The van der Waals surface area contributed by atoms with Crippen LogP contribution in [0.15, 0.2) is 0 Å². The molecule has 2 saturated heterocycles. The molecule has 0 aromatic heterocycles. The molecule has 2 rings (SSSR count). The number of hydrogen-bond acceptors (Lipinski definition) is 4. The van der Waals surface area contributed by atoms with Crippen LogP contribution in [-0.4, -0.2) is 69.3 Å². The first-order valence-electron chi connectivity index (χ1n) is 7.89. The Labute approximate surface area is 123 Å². The molecule has 6 heteroatoms. The van der Waals surface area contributed by atoms with E-state index in [0.717, 1.165) is 58.5 Å². The molecule has 2 fully saturated rings. The second-order valence-corrected chi connectivity index (χ2v) is 8.01. The minimum Gasteiger partial charge on any atom is -0.379 e. The van der Waals surface area contributed by atoms with E-state index in [4.69, 9.17) is 4.74 Å². The van der Waals surface area contributed by atoms with E-state index >= 15 is 0 Å². The van der Waals surface area contributed by atoms with E-state index in [-0.39, 0.29) is 0 Å². The van der Waals surface area contributed by atoms with Crippen LogP contribution in [0.1, 0.15) is 32.6 Å². The lowest BCUT2D eigenvalue weighted by molar-refractivity contribution is 0.0269. The van der Waals surface area contributed by atoms with Crippen molar-refractivity contribution in [1.82, 2.24) is 9.21 Å². The van der Waals surface area contributed by atoms with Gasteiger partial charge in [0.05, 0.1) is 19.0 Å². The number of morpholine rings is 1. The van der Waals surface area contributed by atoms with Gasteiger partial charge in [0, 0.05) is 32.7 Å². The third kappa shape index (κ3) is 4.69. The molecule has 0 aliphatic carbocycles. The highest BCUT2D eigenvalue weighted by molar-refractivity contribution is 7.89. The monoisotopic (exact) mass is 304 g/mol. The second-order valence-electron chi connectivity index (χ2n) is 5.92. The van der Waals surface area contributed by atoms with Crippen LogP contribution >= 0.6 is 0 Å². The predicted molar refractivity (Wildman–Crippen MR) is 80.3 cm³/mol. The molecule has 0 saturated carbocycles. The van der Waals surface area contributed by atoms with E-state index in [1.54, 1.807) is 4.31 Å². The maximum absolute atomic E-state index is 12.1. The van der Waals surface area contributed by atoms with Crippen LogP contribution in [0.3, 0.4) is 0 Å². The average molecular weight is 304 g/mol. The fourth-order valence-electron chi connectivity index (χ4n) is 2.97. The summed E-state index contributed by atoms with van der Waals surface area (Å²) in [5.41, 5.74) is 0. The van der Waals surface area contributed by atoms with Gasteiger partial charge in [0.25, 0.3) is 0 Å². The van der Waals surface area contributed by atoms with Crippen LogP contribution in [-0.2, 0) is 14.8 Å². The molecule has 2 aliphatic heterocycles. The zero-order valence-corrected chi connectivity index (χ0v) is 13.4. The summed E-state index contributed by atoms with van der Waals surface area (Å²) in [7, 11) is -3.00. The highest BCUT2D eigenvalue weighted by Gasteiger charge is 2.28. The predicted octanol–water partition coefficient (Wildman–Crippen LogP) is 1.16. The lowest BCUT2D eigenvalue weighted by atomic mass is 9.97. The number of rotatable bonds is 6. The van der Waals surface area contributed by atoms with Crippen molar-refractivity contribution in [2.24, 2.45) is 5.92 Å². The molecule has 0 N–H and O–H groups in total. The first-order chi connectivity index (χ1) is 9.62. The number of hydrogen-bond donors (Lipinski definition) is 0.